The van der Waals surface area contributed by atoms with Gasteiger partial charge in [0.05, 0.1) is 38.0 Å². The smallest absolute Gasteiger partial charge is 0.490 e. The molecule has 2 fully saturated rings. The largest absolute Gasteiger partial charge is 0.509 e. The summed E-state index contributed by atoms with van der Waals surface area (Å²) < 4.78 is 42.0. The van der Waals surface area contributed by atoms with Crippen LogP contribution in [0.25, 0.3) is 22.8 Å². The monoisotopic (exact) mass is 866 g/mol. The minimum atomic E-state index is -0.820. The standard InChI is InChI=1S/C50H66N4O9/c1-5-9-11-13-15-17-29-57-39-31-51-47(52-32-39)37-25-21-35(22-26-37)43(45-41(19-7-3)59-49(55)62-45)61-44(46-42(20-8-4)60-50(56)63-46)36-23-27-38(28-24-36)48-53-33-40(34-54-48)58-30-18-16-14-12-10-6-2/h21-28,31-34,41-46H,5-20,29-30H2,1-4H3. The summed E-state index contributed by atoms with van der Waals surface area (Å²) in [5, 5.41) is 0. The van der Waals surface area contributed by atoms with E-state index in [4.69, 9.17) is 33.2 Å². The first-order valence-corrected chi connectivity index (χ1v) is 23.4. The van der Waals surface area contributed by atoms with Crippen molar-refractivity contribution in [1.82, 2.24) is 19.9 Å². The molecular weight excluding hydrogens is 801 g/mol. The van der Waals surface area contributed by atoms with Gasteiger partial charge in [-0.1, -0.05) is 153 Å². The van der Waals surface area contributed by atoms with Gasteiger partial charge in [-0.2, -0.15) is 0 Å². The Bertz CT molecular complexity index is 1810. The molecule has 0 aliphatic carbocycles. The summed E-state index contributed by atoms with van der Waals surface area (Å²) >= 11 is 0. The first-order chi connectivity index (χ1) is 30.9. The first kappa shape index (κ1) is 47.2. The van der Waals surface area contributed by atoms with Crippen LogP contribution in [0.4, 0.5) is 9.59 Å². The molecule has 0 N–H and O–H groups in total. The fourth-order valence-electron chi connectivity index (χ4n) is 8.06. The van der Waals surface area contributed by atoms with E-state index < -0.39 is 48.9 Å². The Morgan fingerprint density at radius 2 is 0.841 bits per heavy atom. The van der Waals surface area contributed by atoms with Crippen molar-refractivity contribution in [3.8, 4) is 34.3 Å². The zero-order valence-corrected chi connectivity index (χ0v) is 37.6. The number of cyclic esters (lactones) is 4. The summed E-state index contributed by atoms with van der Waals surface area (Å²) in [5.74, 6) is 2.35. The maximum absolute atomic E-state index is 12.7. The quantitative estimate of drug-likeness (QED) is 0.0394. The van der Waals surface area contributed by atoms with Gasteiger partial charge in [0.15, 0.2) is 35.4 Å². The summed E-state index contributed by atoms with van der Waals surface area (Å²) in [6.07, 6.45) is 17.9. The summed E-state index contributed by atoms with van der Waals surface area (Å²) in [7, 11) is 0. The lowest BCUT2D eigenvalue weighted by molar-refractivity contribution is -0.123. The number of nitrogens with zero attached hydrogens (tertiary/aromatic N) is 4. The third-order valence-corrected chi connectivity index (χ3v) is 11.5. The van der Waals surface area contributed by atoms with E-state index in [1.807, 2.05) is 62.4 Å². The van der Waals surface area contributed by atoms with Gasteiger partial charge < -0.3 is 33.2 Å². The average molecular weight is 867 g/mol. The molecule has 13 heteroatoms. The molecule has 0 radical (unpaired) electrons. The molecule has 2 aromatic heterocycles. The lowest BCUT2D eigenvalue weighted by Gasteiger charge is -2.33. The molecule has 0 saturated carbocycles. The van der Waals surface area contributed by atoms with Gasteiger partial charge in [-0.05, 0) is 36.8 Å². The van der Waals surface area contributed by atoms with Crippen LogP contribution < -0.4 is 9.47 Å². The van der Waals surface area contributed by atoms with Gasteiger partial charge in [-0.15, -0.1) is 0 Å². The van der Waals surface area contributed by atoms with Crippen LogP contribution in [0.15, 0.2) is 73.3 Å². The van der Waals surface area contributed by atoms with Crippen LogP contribution in [0.5, 0.6) is 11.5 Å². The molecular formula is C50H66N4O9. The van der Waals surface area contributed by atoms with Crippen LogP contribution in [0.3, 0.4) is 0 Å². The van der Waals surface area contributed by atoms with Crippen molar-refractivity contribution in [2.24, 2.45) is 0 Å². The number of unbranched alkanes of at least 4 members (excludes halogenated alkanes) is 10. The third-order valence-electron chi connectivity index (χ3n) is 11.5. The Balaban J connectivity index is 1.21. The van der Waals surface area contributed by atoms with E-state index in [2.05, 4.69) is 33.8 Å². The topological polar surface area (TPSA) is 150 Å². The summed E-state index contributed by atoms with van der Waals surface area (Å²) in [4.78, 5) is 43.8. The number of rotatable bonds is 28. The minimum absolute atomic E-state index is 0.542. The first-order valence-electron chi connectivity index (χ1n) is 23.4. The van der Waals surface area contributed by atoms with E-state index in [1.54, 1.807) is 24.8 Å². The highest BCUT2D eigenvalue weighted by atomic mass is 16.8. The second kappa shape index (κ2) is 25.1. The number of benzene rings is 2. The van der Waals surface area contributed by atoms with Crippen LogP contribution >= 0.6 is 0 Å². The SMILES string of the molecule is CCCCCCCCOc1cnc(-c2ccc(C(OC(c3ccc(-c4ncc(OCCCCCCCC)cn4)cc3)C3OC(=O)OC3CCC)C3OC(=O)OC3CCC)cc2)nc1. The number of hydrogen-bond donors (Lipinski definition) is 0. The number of ether oxygens (including phenoxy) is 7. The second-order valence-electron chi connectivity index (χ2n) is 16.5. The Kier molecular flexibility index (Phi) is 18.8. The fraction of sp³-hybridized carbons (Fsp3) is 0.560. The van der Waals surface area contributed by atoms with Gasteiger partial charge in [0.25, 0.3) is 0 Å². The van der Waals surface area contributed by atoms with Gasteiger partial charge >= 0.3 is 12.3 Å². The Labute approximate surface area is 373 Å². The van der Waals surface area contributed by atoms with E-state index in [0.29, 0.717) is 49.2 Å². The van der Waals surface area contributed by atoms with Gasteiger partial charge in [0, 0.05) is 11.1 Å². The molecule has 0 bridgehead atoms. The van der Waals surface area contributed by atoms with Crippen molar-refractivity contribution < 1.29 is 42.7 Å². The highest BCUT2D eigenvalue weighted by Crippen LogP contribution is 2.42. The number of carbonyl (C=O) groups excluding carboxylic acids is 2. The number of carbonyl (C=O) groups is 2. The molecule has 2 aromatic carbocycles. The van der Waals surface area contributed by atoms with Crippen molar-refractivity contribution in [3.63, 3.8) is 0 Å². The van der Waals surface area contributed by atoms with Crippen LogP contribution in [0.2, 0.25) is 0 Å². The average Bonchev–Trinajstić information content (AvgIpc) is 3.87. The zero-order valence-electron chi connectivity index (χ0n) is 37.6. The van der Waals surface area contributed by atoms with Gasteiger partial charge in [0.1, 0.15) is 24.4 Å². The van der Waals surface area contributed by atoms with Crippen molar-refractivity contribution in [1.29, 1.82) is 0 Å². The molecule has 0 spiro atoms. The maximum atomic E-state index is 12.7. The number of hydrogen-bond acceptors (Lipinski definition) is 13. The third kappa shape index (κ3) is 13.8. The van der Waals surface area contributed by atoms with Crippen LogP contribution in [0.1, 0.15) is 154 Å². The molecule has 4 aromatic rings. The van der Waals surface area contributed by atoms with Crippen LogP contribution in [-0.4, -0.2) is 69.9 Å². The fourth-order valence-corrected chi connectivity index (χ4v) is 8.06. The second-order valence-corrected chi connectivity index (χ2v) is 16.5. The normalized spacial score (nSPS) is 19.2. The van der Waals surface area contributed by atoms with Crippen LogP contribution in [-0.2, 0) is 23.7 Å². The van der Waals surface area contributed by atoms with E-state index in [-0.39, 0.29) is 0 Å². The van der Waals surface area contributed by atoms with Crippen molar-refractivity contribution >= 4 is 12.3 Å². The molecule has 6 rings (SSSR count). The van der Waals surface area contributed by atoms with Crippen molar-refractivity contribution in [2.45, 2.75) is 167 Å². The zero-order chi connectivity index (χ0) is 44.2. The summed E-state index contributed by atoms with van der Waals surface area (Å²) in [6.45, 7) is 9.75. The van der Waals surface area contributed by atoms with Gasteiger partial charge in [0.2, 0.25) is 0 Å². The predicted octanol–water partition coefficient (Wildman–Crippen LogP) is 12.3. The molecule has 6 unspecified atom stereocenters. The molecule has 2 saturated heterocycles. The Hall–Kier alpha value is -5.30. The van der Waals surface area contributed by atoms with Gasteiger partial charge in [-0.3, -0.25) is 0 Å². The Morgan fingerprint density at radius 3 is 1.21 bits per heavy atom. The Morgan fingerprint density at radius 1 is 0.476 bits per heavy atom. The summed E-state index contributed by atoms with van der Waals surface area (Å²) in [6, 6.07) is 15.3. The molecule has 4 heterocycles. The van der Waals surface area contributed by atoms with E-state index in [0.717, 1.165) is 60.8 Å². The molecule has 63 heavy (non-hydrogen) atoms. The molecule has 13 nitrogen and oxygen atoms in total. The maximum Gasteiger partial charge on any atom is 0.509 e. The lowest BCUT2D eigenvalue weighted by atomic mass is 9.93. The molecule has 0 amide bonds. The van der Waals surface area contributed by atoms with E-state index in [9.17, 15) is 9.59 Å². The lowest BCUT2D eigenvalue weighted by Crippen LogP contribution is -2.37. The molecule has 2 aliphatic heterocycles. The molecule has 340 valence electrons. The highest BCUT2D eigenvalue weighted by Gasteiger charge is 2.48. The highest BCUT2D eigenvalue weighted by molar-refractivity contribution is 5.64. The van der Waals surface area contributed by atoms with Gasteiger partial charge in [-0.25, -0.2) is 29.5 Å². The molecule has 6 atom stereocenters. The van der Waals surface area contributed by atoms with Crippen molar-refractivity contribution in [3.05, 3.63) is 84.4 Å². The van der Waals surface area contributed by atoms with Crippen molar-refractivity contribution in [2.75, 3.05) is 13.2 Å². The summed E-state index contributed by atoms with van der Waals surface area (Å²) in [5.41, 5.74) is 3.04. The molecule has 2 aliphatic rings. The number of aromatic nitrogens is 4. The van der Waals surface area contributed by atoms with Crippen LogP contribution in [0, 0.1) is 0 Å². The van der Waals surface area contributed by atoms with E-state index >= 15 is 0 Å². The van der Waals surface area contributed by atoms with E-state index in [1.165, 1.54) is 51.4 Å². The predicted molar refractivity (Wildman–Crippen MR) is 239 cm³/mol. The minimum Gasteiger partial charge on any atom is -0.490 e.